The highest BCUT2D eigenvalue weighted by Crippen LogP contribution is 2.39. The summed E-state index contributed by atoms with van der Waals surface area (Å²) >= 11 is 0. The summed E-state index contributed by atoms with van der Waals surface area (Å²) < 4.78 is 13.8. The molecule has 1 unspecified atom stereocenters. The van der Waals surface area contributed by atoms with E-state index in [0.29, 0.717) is 12.0 Å². The van der Waals surface area contributed by atoms with Crippen LogP contribution in [0.2, 0.25) is 0 Å². The molecule has 0 aromatic heterocycles. The van der Waals surface area contributed by atoms with Crippen molar-refractivity contribution in [3.05, 3.63) is 71.0 Å². The number of hydrogen-bond donors (Lipinski definition) is 1. The molecule has 0 bridgehead atoms. The Balaban J connectivity index is 1.58. The molecule has 0 heterocycles. The van der Waals surface area contributed by atoms with Crippen LogP contribution in [0.3, 0.4) is 0 Å². The summed E-state index contributed by atoms with van der Waals surface area (Å²) in [6.45, 7) is 4.22. The molecule has 1 atom stereocenters. The zero-order valence-electron chi connectivity index (χ0n) is 12.6. The number of rotatable bonds is 4. The van der Waals surface area contributed by atoms with Crippen molar-refractivity contribution in [2.45, 2.75) is 44.7 Å². The molecule has 2 aromatic rings. The van der Waals surface area contributed by atoms with Gasteiger partial charge in [0.05, 0.1) is 0 Å². The van der Waals surface area contributed by atoms with Crippen LogP contribution < -0.4 is 5.32 Å². The lowest BCUT2D eigenvalue weighted by Gasteiger charge is -2.39. The fraction of sp³-hybridized carbons (Fsp3) is 0.368. The summed E-state index contributed by atoms with van der Waals surface area (Å²) in [4.78, 5) is 0. The third kappa shape index (κ3) is 3.01. The second-order valence-electron chi connectivity index (χ2n) is 6.13. The topological polar surface area (TPSA) is 12.0 Å². The SMILES string of the molecule is Cc1ccccc1C1CC(NC(C)c2ccccc2F)C1. The number of benzene rings is 2. The first-order valence-corrected chi connectivity index (χ1v) is 7.71. The van der Waals surface area contributed by atoms with Crippen molar-refractivity contribution in [3.8, 4) is 0 Å². The quantitative estimate of drug-likeness (QED) is 0.855. The molecule has 1 nitrogen and oxygen atoms in total. The van der Waals surface area contributed by atoms with Gasteiger partial charge >= 0.3 is 0 Å². The predicted molar refractivity (Wildman–Crippen MR) is 84.9 cm³/mol. The van der Waals surface area contributed by atoms with Crippen molar-refractivity contribution in [2.24, 2.45) is 0 Å². The van der Waals surface area contributed by atoms with Gasteiger partial charge in [-0.2, -0.15) is 0 Å². The maximum Gasteiger partial charge on any atom is 0.127 e. The van der Waals surface area contributed by atoms with Gasteiger partial charge in [-0.1, -0.05) is 42.5 Å². The average molecular weight is 283 g/mol. The Morgan fingerprint density at radius 3 is 2.43 bits per heavy atom. The summed E-state index contributed by atoms with van der Waals surface area (Å²) in [5, 5.41) is 3.55. The molecular weight excluding hydrogens is 261 g/mol. The molecule has 1 saturated carbocycles. The summed E-state index contributed by atoms with van der Waals surface area (Å²) in [6, 6.07) is 16.2. The van der Waals surface area contributed by atoms with Crippen LogP contribution in [0.1, 0.15) is 48.4 Å². The number of halogens is 1. The van der Waals surface area contributed by atoms with Gasteiger partial charge in [-0.25, -0.2) is 4.39 Å². The van der Waals surface area contributed by atoms with E-state index in [1.165, 1.54) is 17.2 Å². The van der Waals surface area contributed by atoms with Crippen LogP contribution in [-0.2, 0) is 0 Å². The smallest absolute Gasteiger partial charge is 0.127 e. The van der Waals surface area contributed by atoms with E-state index >= 15 is 0 Å². The van der Waals surface area contributed by atoms with E-state index in [-0.39, 0.29) is 11.9 Å². The monoisotopic (exact) mass is 283 g/mol. The molecule has 1 aliphatic carbocycles. The molecule has 1 aliphatic rings. The zero-order chi connectivity index (χ0) is 14.8. The molecule has 3 rings (SSSR count). The Hall–Kier alpha value is -1.67. The van der Waals surface area contributed by atoms with Gasteiger partial charge in [-0.05, 0) is 49.8 Å². The highest BCUT2D eigenvalue weighted by Gasteiger charge is 2.32. The van der Waals surface area contributed by atoms with Gasteiger partial charge in [0.1, 0.15) is 5.82 Å². The summed E-state index contributed by atoms with van der Waals surface area (Å²) in [5.74, 6) is 0.531. The van der Waals surface area contributed by atoms with Crippen LogP contribution in [0, 0.1) is 12.7 Å². The average Bonchev–Trinajstić information content (AvgIpc) is 2.44. The normalized spacial score (nSPS) is 22.6. The molecule has 21 heavy (non-hydrogen) atoms. The lowest BCUT2D eigenvalue weighted by molar-refractivity contribution is 0.268. The van der Waals surface area contributed by atoms with Gasteiger partial charge in [0, 0.05) is 17.6 Å². The van der Waals surface area contributed by atoms with Gasteiger partial charge in [-0.3, -0.25) is 0 Å². The first-order chi connectivity index (χ1) is 10.1. The fourth-order valence-electron chi connectivity index (χ4n) is 3.32. The summed E-state index contributed by atoms with van der Waals surface area (Å²) in [5.41, 5.74) is 3.61. The molecule has 0 spiro atoms. The van der Waals surface area contributed by atoms with Crippen LogP contribution in [0.5, 0.6) is 0 Å². The van der Waals surface area contributed by atoms with Crippen LogP contribution in [-0.4, -0.2) is 6.04 Å². The van der Waals surface area contributed by atoms with Gasteiger partial charge in [0.2, 0.25) is 0 Å². The minimum Gasteiger partial charge on any atom is -0.307 e. The highest BCUT2D eigenvalue weighted by atomic mass is 19.1. The van der Waals surface area contributed by atoms with Crippen molar-refractivity contribution < 1.29 is 4.39 Å². The van der Waals surface area contributed by atoms with E-state index in [1.807, 2.05) is 19.1 Å². The van der Waals surface area contributed by atoms with Gasteiger partial charge in [0.25, 0.3) is 0 Å². The van der Waals surface area contributed by atoms with Gasteiger partial charge in [0.15, 0.2) is 0 Å². The molecule has 0 radical (unpaired) electrons. The molecule has 0 aliphatic heterocycles. The van der Waals surface area contributed by atoms with Gasteiger partial charge in [-0.15, -0.1) is 0 Å². The van der Waals surface area contributed by atoms with E-state index in [1.54, 1.807) is 6.07 Å². The van der Waals surface area contributed by atoms with Crippen molar-refractivity contribution in [2.75, 3.05) is 0 Å². The number of nitrogens with one attached hydrogen (secondary N) is 1. The highest BCUT2D eigenvalue weighted by molar-refractivity contribution is 5.31. The maximum atomic E-state index is 13.8. The minimum atomic E-state index is -0.118. The number of aryl methyl sites for hydroxylation is 1. The second-order valence-corrected chi connectivity index (χ2v) is 6.13. The van der Waals surface area contributed by atoms with E-state index in [0.717, 1.165) is 18.4 Å². The Morgan fingerprint density at radius 1 is 1.05 bits per heavy atom. The molecule has 0 saturated heterocycles. The second kappa shape index (κ2) is 5.98. The van der Waals surface area contributed by atoms with Crippen molar-refractivity contribution in [1.82, 2.24) is 5.32 Å². The van der Waals surface area contributed by atoms with Crippen LogP contribution in [0.4, 0.5) is 4.39 Å². The molecule has 110 valence electrons. The standard InChI is InChI=1S/C19H22FN/c1-13-7-3-4-8-17(13)15-11-16(12-15)21-14(2)18-9-5-6-10-19(18)20/h3-10,14-16,21H,11-12H2,1-2H3. The van der Waals surface area contributed by atoms with E-state index in [4.69, 9.17) is 0 Å². The lowest BCUT2D eigenvalue weighted by atomic mass is 9.74. The van der Waals surface area contributed by atoms with Crippen molar-refractivity contribution in [3.63, 3.8) is 0 Å². The molecule has 1 N–H and O–H groups in total. The maximum absolute atomic E-state index is 13.8. The minimum absolute atomic E-state index is 0.0639. The Labute approximate surface area is 126 Å². The van der Waals surface area contributed by atoms with Crippen LogP contribution >= 0.6 is 0 Å². The molecular formula is C19H22FN. The molecule has 2 heteroatoms. The third-order valence-corrected chi connectivity index (χ3v) is 4.62. The summed E-state index contributed by atoms with van der Waals surface area (Å²) in [7, 11) is 0. The molecule has 2 aromatic carbocycles. The lowest BCUT2D eigenvalue weighted by Crippen LogP contribution is -2.41. The molecule has 1 fully saturated rings. The Morgan fingerprint density at radius 2 is 1.71 bits per heavy atom. The third-order valence-electron chi connectivity index (χ3n) is 4.62. The fourth-order valence-corrected chi connectivity index (χ4v) is 3.32. The van der Waals surface area contributed by atoms with Crippen molar-refractivity contribution >= 4 is 0 Å². The predicted octanol–water partition coefficient (Wildman–Crippen LogP) is 4.73. The van der Waals surface area contributed by atoms with Crippen LogP contribution in [0.15, 0.2) is 48.5 Å². The Bertz CT molecular complexity index is 616. The van der Waals surface area contributed by atoms with E-state index in [2.05, 4.69) is 36.5 Å². The first-order valence-electron chi connectivity index (χ1n) is 7.71. The number of hydrogen-bond acceptors (Lipinski definition) is 1. The zero-order valence-corrected chi connectivity index (χ0v) is 12.6. The van der Waals surface area contributed by atoms with Crippen LogP contribution in [0.25, 0.3) is 0 Å². The first kappa shape index (κ1) is 14.3. The molecule has 0 amide bonds. The van der Waals surface area contributed by atoms with Crippen molar-refractivity contribution in [1.29, 1.82) is 0 Å². The van der Waals surface area contributed by atoms with E-state index in [9.17, 15) is 4.39 Å². The Kier molecular flexibility index (Phi) is 4.07. The summed E-state index contributed by atoms with van der Waals surface area (Å²) in [6.07, 6.45) is 2.29. The van der Waals surface area contributed by atoms with E-state index < -0.39 is 0 Å². The largest absolute Gasteiger partial charge is 0.307 e. The van der Waals surface area contributed by atoms with Gasteiger partial charge < -0.3 is 5.32 Å².